The summed E-state index contributed by atoms with van der Waals surface area (Å²) in [6.45, 7) is -0.123. The number of carbonyl (C=O) groups is 2. The predicted octanol–water partition coefficient (Wildman–Crippen LogP) is -0.424. The first kappa shape index (κ1) is 11.9. The molecular formula is C7H14NO5+. The molecule has 0 bridgehead atoms. The third-order valence-electron chi connectivity index (χ3n) is 1.60. The Bertz CT molecular complexity index is 213. The fourth-order valence-corrected chi connectivity index (χ4v) is 0.871. The van der Waals surface area contributed by atoms with Gasteiger partial charge in [0.25, 0.3) is 0 Å². The van der Waals surface area contributed by atoms with E-state index >= 15 is 0 Å². The highest BCUT2D eigenvalue weighted by molar-refractivity contribution is 5.67. The van der Waals surface area contributed by atoms with Gasteiger partial charge in [-0.25, -0.2) is 4.48 Å². The van der Waals surface area contributed by atoms with E-state index in [-0.39, 0.29) is 6.54 Å². The zero-order chi connectivity index (χ0) is 10.6. The van der Waals surface area contributed by atoms with Crippen LogP contribution in [0.5, 0.6) is 0 Å². The summed E-state index contributed by atoms with van der Waals surface area (Å²) in [5.41, 5.74) is 0. The molecule has 0 aromatic rings. The molecule has 1 unspecified atom stereocenters. The minimum Gasteiger partial charge on any atom is -0.481 e. The van der Waals surface area contributed by atoms with Crippen molar-refractivity contribution >= 4 is 12.1 Å². The molecule has 0 aliphatic rings. The van der Waals surface area contributed by atoms with Crippen LogP contribution in [0, 0.1) is 0 Å². The van der Waals surface area contributed by atoms with Crippen molar-refractivity contribution in [3.05, 3.63) is 0 Å². The zero-order valence-corrected chi connectivity index (χ0v) is 7.60. The van der Waals surface area contributed by atoms with Crippen LogP contribution in [0.1, 0.15) is 6.42 Å². The number of nitrogens with zero attached hydrogens (tertiary/aromatic N) is 1. The number of hydrogen-bond acceptors (Lipinski definition) is 3. The van der Waals surface area contributed by atoms with Crippen LogP contribution < -0.4 is 0 Å². The molecule has 0 heterocycles. The lowest BCUT2D eigenvalue weighted by molar-refractivity contribution is -0.820. The van der Waals surface area contributed by atoms with Gasteiger partial charge in [0.1, 0.15) is 12.6 Å². The van der Waals surface area contributed by atoms with E-state index in [0.29, 0.717) is 0 Å². The fourth-order valence-electron chi connectivity index (χ4n) is 0.871. The van der Waals surface area contributed by atoms with E-state index in [1.165, 1.54) is 14.1 Å². The molecule has 0 saturated carbocycles. The highest BCUT2D eigenvalue weighted by Crippen LogP contribution is 2.03. The monoisotopic (exact) mass is 192 g/mol. The summed E-state index contributed by atoms with van der Waals surface area (Å²) in [7, 11) is 2.76. The number of aliphatic hydroxyl groups is 1. The number of aliphatic carboxylic acids is 1. The molecule has 6 nitrogen and oxygen atoms in total. The summed E-state index contributed by atoms with van der Waals surface area (Å²) in [5, 5.41) is 26.1. The zero-order valence-electron chi connectivity index (χ0n) is 7.60. The second kappa shape index (κ2) is 4.20. The van der Waals surface area contributed by atoms with Crippen LogP contribution in [-0.2, 0) is 4.79 Å². The van der Waals surface area contributed by atoms with Gasteiger partial charge in [-0.2, -0.15) is 4.79 Å². The molecular weight excluding hydrogens is 178 g/mol. The molecule has 0 fully saturated rings. The Hall–Kier alpha value is -1.14. The molecule has 0 aromatic heterocycles. The van der Waals surface area contributed by atoms with Crippen molar-refractivity contribution in [1.29, 1.82) is 0 Å². The van der Waals surface area contributed by atoms with E-state index in [0.717, 1.165) is 0 Å². The third-order valence-corrected chi connectivity index (χ3v) is 1.60. The topological polar surface area (TPSA) is 94.8 Å². The van der Waals surface area contributed by atoms with Gasteiger partial charge in [-0.1, -0.05) is 0 Å². The first-order valence-corrected chi connectivity index (χ1v) is 3.72. The Morgan fingerprint density at radius 2 is 1.77 bits per heavy atom. The summed E-state index contributed by atoms with van der Waals surface area (Å²) < 4.78 is -0.450. The number of amides is 1. The largest absolute Gasteiger partial charge is 0.513 e. The van der Waals surface area contributed by atoms with Crippen molar-refractivity contribution < 1.29 is 29.4 Å². The van der Waals surface area contributed by atoms with Crippen molar-refractivity contribution in [2.75, 3.05) is 20.6 Å². The second-order valence-corrected chi connectivity index (χ2v) is 3.40. The highest BCUT2D eigenvalue weighted by atomic mass is 16.4. The van der Waals surface area contributed by atoms with Gasteiger partial charge in [0.15, 0.2) is 0 Å². The number of quaternary nitrogens is 1. The number of carboxylic acids is 1. The van der Waals surface area contributed by atoms with E-state index in [9.17, 15) is 9.59 Å². The van der Waals surface area contributed by atoms with Crippen LogP contribution >= 0.6 is 0 Å². The smallest absolute Gasteiger partial charge is 0.481 e. The standard InChI is InChI=1S/C7H13NO5/c1-8(2,7(12)13)4-5(9)3-6(10)11/h5,9H,3-4H2,1-2H3,(H-,10,11,12,13)/p+1. The minimum atomic E-state index is -1.14. The van der Waals surface area contributed by atoms with Crippen LogP contribution in [0.25, 0.3) is 0 Å². The van der Waals surface area contributed by atoms with Crippen LogP contribution in [0.2, 0.25) is 0 Å². The first-order valence-electron chi connectivity index (χ1n) is 3.72. The summed E-state index contributed by atoms with van der Waals surface area (Å²) >= 11 is 0. The summed E-state index contributed by atoms with van der Waals surface area (Å²) in [6.07, 6.45) is -2.68. The van der Waals surface area contributed by atoms with Gasteiger partial charge < -0.3 is 15.3 Å². The van der Waals surface area contributed by atoms with Gasteiger partial charge in [0.05, 0.1) is 20.5 Å². The molecule has 76 valence electrons. The van der Waals surface area contributed by atoms with Crippen molar-refractivity contribution in [3.63, 3.8) is 0 Å². The molecule has 3 N–H and O–H groups in total. The maximum atomic E-state index is 10.6. The van der Waals surface area contributed by atoms with Crippen molar-refractivity contribution in [2.24, 2.45) is 0 Å². The van der Waals surface area contributed by atoms with E-state index in [4.69, 9.17) is 15.3 Å². The molecule has 0 saturated heterocycles. The third kappa shape index (κ3) is 4.44. The lowest BCUT2D eigenvalue weighted by Gasteiger charge is -2.24. The van der Waals surface area contributed by atoms with E-state index in [1.54, 1.807) is 0 Å². The van der Waals surface area contributed by atoms with Crippen molar-refractivity contribution in [2.45, 2.75) is 12.5 Å². The van der Waals surface area contributed by atoms with Gasteiger partial charge in [-0.05, 0) is 0 Å². The molecule has 1 atom stereocenters. The Labute approximate surface area is 75.6 Å². The average Bonchev–Trinajstić information content (AvgIpc) is 1.82. The van der Waals surface area contributed by atoms with Crippen LogP contribution in [0.3, 0.4) is 0 Å². The normalized spacial score (nSPS) is 13.8. The lowest BCUT2D eigenvalue weighted by Crippen LogP contribution is -2.49. The van der Waals surface area contributed by atoms with Gasteiger partial charge in [0.2, 0.25) is 0 Å². The highest BCUT2D eigenvalue weighted by Gasteiger charge is 2.29. The van der Waals surface area contributed by atoms with Gasteiger partial charge in [-0.15, -0.1) is 0 Å². The Morgan fingerprint density at radius 1 is 1.31 bits per heavy atom. The molecule has 0 spiro atoms. The van der Waals surface area contributed by atoms with Gasteiger partial charge in [0, 0.05) is 0 Å². The second-order valence-electron chi connectivity index (χ2n) is 3.40. The molecule has 0 aromatic carbocycles. The first-order chi connectivity index (χ1) is 5.75. The van der Waals surface area contributed by atoms with E-state index in [2.05, 4.69) is 0 Å². The molecule has 1 amide bonds. The predicted molar refractivity (Wildman–Crippen MR) is 43.3 cm³/mol. The number of carboxylic acid groups (broad SMARTS) is 2. The maximum Gasteiger partial charge on any atom is 0.513 e. The van der Waals surface area contributed by atoms with Crippen molar-refractivity contribution in [3.8, 4) is 0 Å². The summed E-state index contributed by atoms with van der Waals surface area (Å²) in [5.74, 6) is -1.14. The van der Waals surface area contributed by atoms with E-state index < -0.39 is 29.1 Å². The molecule has 0 aliphatic carbocycles. The summed E-state index contributed by atoms with van der Waals surface area (Å²) in [4.78, 5) is 20.7. The number of likely N-dealkylation sites (N-methyl/N-ethyl adjacent to an activating group) is 1. The number of hydrogen-bond donors (Lipinski definition) is 3. The van der Waals surface area contributed by atoms with Crippen molar-refractivity contribution in [1.82, 2.24) is 0 Å². The maximum absolute atomic E-state index is 10.6. The minimum absolute atomic E-state index is 0.123. The number of rotatable bonds is 4. The van der Waals surface area contributed by atoms with Crippen LogP contribution in [0.15, 0.2) is 0 Å². The van der Waals surface area contributed by atoms with Gasteiger partial charge in [-0.3, -0.25) is 4.79 Å². The van der Waals surface area contributed by atoms with E-state index in [1.807, 2.05) is 0 Å². The molecule has 0 aliphatic heterocycles. The lowest BCUT2D eigenvalue weighted by atomic mass is 10.2. The summed E-state index contributed by atoms with van der Waals surface area (Å²) in [6, 6.07) is 0. The molecule has 13 heavy (non-hydrogen) atoms. The Balaban J connectivity index is 4.11. The van der Waals surface area contributed by atoms with Gasteiger partial charge >= 0.3 is 12.1 Å². The molecule has 0 radical (unpaired) electrons. The van der Waals surface area contributed by atoms with Crippen LogP contribution in [0.4, 0.5) is 4.79 Å². The fraction of sp³-hybridized carbons (Fsp3) is 0.714. The van der Waals surface area contributed by atoms with Crippen LogP contribution in [-0.4, -0.2) is 58.6 Å². The SMILES string of the molecule is C[N+](C)(CC(O)CC(=O)O)C(=O)O. The quantitative estimate of drug-likeness (QED) is 0.526. The average molecular weight is 192 g/mol. The Kier molecular flexibility index (Phi) is 3.83. The Morgan fingerprint density at radius 3 is 2.08 bits per heavy atom. The number of aliphatic hydroxyl groups excluding tert-OH is 1. The molecule has 0 rings (SSSR count). The molecule has 6 heteroatoms.